The molecule has 0 saturated carbocycles. The van der Waals surface area contributed by atoms with Crippen LogP contribution < -0.4 is 4.74 Å². The Labute approximate surface area is 170 Å². The minimum absolute atomic E-state index is 0.119. The minimum atomic E-state index is -4.83. The van der Waals surface area contributed by atoms with Gasteiger partial charge in [0.1, 0.15) is 11.6 Å². The van der Waals surface area contributed by atoms with Crippen LogP contribution in [0.4, 0.5) is 17.6 Å². The summed E-state index contributed by atoms with van der Waals surface area (Å²) in [5, 5.41) is 0. The standard InChI is InChI=1S/C21H18F4N2O3/c22-17-8-5-16(6-9-17)20(29)27-13-11-26(12-14-27)19(28)10-7-15-3-1-2-4-18(15)30-21(23,24)25/h1-10H,11-14H2. The van der Waals surface area contributed by atoms with E-state index in [1.54, 1.807) is 4.90 Å². The number of para-hydroxylation sites is 1. The van der Waals surface area contributed by atoms with E-state index in [9.17, 15) is 27.2 Å². The van der Waals surface area contributed by atoms with Gasteiger partial charge < -0.3 is 14.5 Å². The van der Waals surface area contributed by atoms with E-state index in [-0.39, 0.29) is 30.5 Å². The molecule has 2 aromatic rings. The molecule has 0 atom stereocenters. The molecule has 158 valence electrons. The molecule has 0 radical (unpaired) electrons. The smallest absolute Gasteiger partial charge is 0.405 e. The molecule has 30 heavy (non-hydrogen) atoms. The summed E-state index contributed by atoms with van der Waals surface area (Å²) in [7, 11) is 0. The highest BCUT2D eigenvalue weighted by atomic mass is 19.4. The van der Waals surface area contributed by atoms with E-state index in [4.69, 9.17) is 0 Å². The van der Waals surface area contributed by atoms with Gasteiger partial charge in [0.25, 0.3) is 5.91 Å². The fourth-order valence-electron chi connectivity index (χ4n) is 3.01. The molecule has 0 N–H and O–H groups in total. The van der Waals surface area contributed by atoms with Gasteiger partial charge in [-0.15, -0.1) is 13.2 Å². The van der Waals surface area contributed by atoms with Gasteiger partial charge in [0.2, 0.25) is 5.91 Å². The van der Waals surface area contributed by atoms with E-state index >= 15 is 0 Å². The first-order valence-corrected chi connectivity index (χ1v) is 9.09. The molecular formula is C21H18F4N2O3. The number of amides is 2. The maximum Gasteiger partial charge on any atom is 0.573 e. The van der Waals surface area contributed by atoms with Gasteiger partial charge in [0, 0.05) is 43.4 Å². The van der Waals surface area contributed by atoms with Gasteiger partial charge in [0.05, 0.1) is 0 Å². The molecule has 5 nitrogen and oxygen atoms in total. The fraction of sp³-hybridized carbons (Fsp3) is 0.238. The summed E-state index contributed by atoms with van der Waals surface area (Å²) in [5.41, 5.74) is 0.477. The minimum Gasteiger partial charge on any atom is -0.405 e. The van der Waals surface area contributed by atoms with Crippen molar-refractivity contribution in [3.8, 4) is 5.75 Å². The zero-order chi connectivity index (χ0) is 21.7. The van der Waals surface area contributed by atoms with Crippen molar-refractivity contribution >= 4 is 17.9 Å². The Kier molecular flexibility index (Phi) is 6.39. The lowest BCUT2D eigenvalue weighted by Gasteiger charge is -2.34. The number of nitrogens with zero attached hydrogens (tertiary/aromatic N) is 2. The van der Waals surface area contributed by atoms with Crippen LogP contribution in [0.5, 0.6) is 5.75 Å². The Bertz CT molecular complexity index is 934. The maximum absolute atomic E-state index is 13.0. The second kappa shape index (κ2) is 8.98. The molecule has 3 rings (SSSR count). The van der Waals surface area contributed by atoms with Crippen molar-refractivity contribution in [2.75, 3.05) is 26.2 Å². The molecule has 0 spiro atoms. The van der Waals surface area contributed by atoms with E-state index in [0.29, 0.717) is 18.7 Å². The molecule has 1 fully saturated rings. The third-order valence-electron chi connectivity index (χ3n) is 4.52. The van der Waals surface area contributed by atoms with E-state index in [1.807, 2.05) is 0 Å². The Balaban J connectivity index is 1.58. The lowest BCUT2D eigenvalue weighted by molar-refractivity contribution is -0.274. The third kappa shape index (κ3) is 5.59. The number of benzene rings is 2. The van der Waals surface area contributed by atoms with Crippen molar-refractivity contribution in [3.05, 3.63) is 71.6 Å². The fourth-order valence-corrected chi connectivity index (χ4v) is 3.01. The van der Waals surface area contributed by atoms with Gasteiger partial charge in [0.15, 0.2) is 0 Å². The van der Waals surface area contributed by atoms with Crippen LogP contribution in [0.15, 0.2) is 54.6 Å². The highest BCUT2D eigenvalue weighted by Crippen LogP contribution is 2.27. The summed E-state index contributed by atoms with van der Waals surface area (Å²) in [6.07, 6.45) is -2.39. The summed E-state index contributed by atoms with van der Waals surface area (Å²) < 4.78 is 54.4. The lowest BCUT2D eigenvalue weighted by atomic mass is 10.1. The average molecular weight is 422 g/mol. The van der Waals surface area contributed by atoms with Gasteiger partial charge in [-0.3, -0.25) is 9.59 Å². The third-order valence-corrected chi connectivity index (χ3v) is 4.52. The number of carbonyl (C=O) groups is 2. The summed E-state index contributed by atoms with van der Waals surface area (Å²) in [6, 6.07) is 10.7. The van der Waals surface area contributed by atoms with Crippen molar-refractivity contribution in [2.24, 2.45) is 0 Å². The molecule has 1 aliphatic rings. The maximum atomic E-state index is 13.0. The van der Waals surface area contributed by atoms with Crippen LogP contribution in [0.25, 0.3) is 6.08 Å². The monoisotopic (exact) mass is 422 g/mol. The summed E-state index contributed by atoms with van der Waals surface area (Å²) in [5.74, 6) is -1.47. The van der Waals surface area contributed by atoms with E-state index in [0.717, 1.165) is 6.07 Å². The topological polar surface area (TPSA) is 49.9 Å². The molecule has 0 aromatic heterocycles. The quantitative estimate of drug-likeness (QED) is 0.558. The molecule has 2 aromatic carbocycles. The van der Waals surface area contributed by atoms with Gasteiger partial charge in [-0.25, -0.2) is 4.39 Å². The van der Waals surface area contributed by atoms with Crippen LogP contribution in [0.3, 0.4) is 0 Å². The van der Waals surface area contributed by atoms with E-state index in [2.05, 4.69) is 4.74 Å². The number of piperazine rings is 1. The number of alkyl halides is 3. The molecule has 0 bridgehead atoms. The van der Waals surface area contributed by atoms with E-state index in [1.165, 1.54) is 59.5 Å². The predicted molar refractivity (Wildman–Crippen MR) is 101 cm³/mol. The second-order valence-electron chi connectivity index (χ2n) is 6.54. The SMILES string of the molecule is O=C(C=Cc1ccccc1OC(F)(F)F)N1CCN(C(=O)c2ccc(F)cc2)CC1. The first kappa shape index (κ1) is 21.4. The zero-order valence-corrected chi connectivity index (χ0v) is 15.7. The number of carbonyl (C=O) groups excluding carboxylic acids is 2. The Morgan fingerprint density at radius 3 is 2.13 bits per heavy atom. The summed E-state index contributed by atoms with van der Waals surface area (Å²) >= 11 is 0. The molecule has 1 aliphatic heterocycles. The molecule has 2 amide bonds. The molecule has 1 saturated heterocycles. The number of rotatable bonds is 4. The Morgan fingerprint density at radius 2 is 1.50 bits per heavy atom. The van der Waals surface area contributed by atoms with Crippen molar-refractivity contribution in [3.63, 3.8) is 0 Å². The Hall–Kier alpha value is -3.36. The van der Waals surface area contributed by atoms with Crippen LogP contribution >= 0.6 is 0 Å². The van der Waals surface area contributed by atoms with Crippen molar-refractivity contribution in [2.45, 2.75) is 6.36 Å². The second-order valence-corrected chi connectivity index (χ2v) is 6.54. The van der Waals surface area contributed by atoms with Crippen LogP contribution in [-0.2, 0) is 4.79 Å². The van der Waals surface area contributed by atoms with E-state index < -0.39 is 17.9 Å². The molecule has 0 unspecified atom stereocenters. The highest BCUT2D eigenvalue weighted by Gasteiger charge is 2.31. The predicted octanol–water partition coefficient (Wildman–Crippen LogP) is 3.72. The number of hydrogen-bond acceptors (Lipinski definition) is 3. The van der Waals surface area contributed by atoms with Crippen LogP contribution in [0.1, 0.15) is 15.9 Å². The van der Waals surface area contributed by atoms with Crippen molar-refractivity contribution in [1.29, 1.82) is 0 Å². The average Bonchev–Trinajstić information content (AvgIpc) is 2.72. The molecule has 0 aliphatic carbocycles. The first-order chi connectivity index (χ1) is 14.2. The van der Waals surface area contributed by atoms with Crippen molar-refractivity contribution in [1.82, 2.24) is 9.80 Å². The van der Waals surface area contributed by atoms with Gasteiger partial charge in [-0.1, -0.05) is 18.2 Å². The highest BCUT2D eigenvalue weighted by molar-refractivity contribution is 5.95. The van der Waals surface area contributed by atoms with Crippen LogP contribution in [0, 0.1) is 5.82 Å². The lowest BCUT2D eigenvalue weighted by Crippen LogP contribution is -2.50. The molecule has 9 heteroatoms. The number of ether oxygens (including phenoxy) is 1. The number of hydrogen-bond donors (Lipinski definition) is 0. The van der Waals surface area contributed by atoms with Crippen LogP contribution in [-0.4, -0.2) is 54.2 Å². The van der Waals surface area contributed by atoms with Crippen LogP contribution in [0.2, 0.25) is 0 Å². The largest absolute Gasteiger partial charge is 0.573 e. The van der Waals surface area contributed by atoms with Gasteiger partial charge >= 0.3 is 6.36 Å². The van der Waals surface area contributed by atoms with Crippen molar-refractivity contribution < 1.29 is 31.9 Å². The molecule has 1 heterocycles. The normalized spacial score (nSPS) is 14.8. The van der Waals surface area contributed by atoms with Gasteiger partial charge in [-0.05, 0) is 36.4 Å². The summed E-state index contributed by atoms with van der Waals surface area (Å²) in [4.78, 5) is 27.9. The van der Waals surface area contributed by atoms with Gasteiger partial charge in [-0.2, -0.15) is 0 Å². The molecular weight excluding hydrogens is 404 g/mol. The Morgan fingerprint density at radius 1 is 0.900 bits per heavy atom. The first-order valence-electron chi connectivity index (χ1n) is 9.09. The zero-order valence-electron chi connectivity index (χ0n) is 15.7. The number of halogens is 4. The summed E-state index contributed by atoms with van der Waals surface area (Å²) in [6.45, 7) is 1.14.